The van der Waals surface area contributed by atoms with Crippen LogP contribution in [0.2, 0.25) is 0 Å². The zero-order chi connectivity index (χ0) is 17.7. The van der Waals surface area contributed by atoms with Gasteiger partial charge in [0, 0.05) is 0 Å². The molecule has 1 aliphatic rings. The van der Waals surface area contributed by atoms with E-state index in [1.165, 1.54) is 0 Å². The summed E-state index contributed by atoms with van der Waals surface area (Å²) in [6.07, 6.45) is -5.46. The number of carbonyl (C=O) groups excluding carboxylic acids is 2. The molecule has 6 atom stereocenters. The van der Waals surface area contributed by atoms with Gasteiger partial charge in [0.05, 0.1) is 12.6 Å². The number of aliphatic hydroxyl groups is 3. The Morgan fingerprint density at radius 1 is 1.26 bits per heavy atom. The average molecular weight is 335 g/mol. The van der Waals surface area contributed by atoms with Crippen molar-refractivity contribution in [2.75, 3.05) is 13.2 Å². The number of ether oxygens (including phenoxy) is 2. The normalized spacial score (nSPS) is 32.4. The number of nitrogens with one attached hydrogen (secondary N) is 1. The number of aliphatic hydroxyl groups excluding tert-OH is 3. The average Bonchev–Trinajstić information content (AvgIpc) is 2.51. The lowest BCUT2D eigenvalue weighted by atomic mass is 9.98. The number of rotatable bonds is 6. The van der Waals surface area contributed by atoms with E-state index in [2.05, 4.69) is 5.32 Å². The number of carbonyl (C=O) groups is 2. The summed E-state index contributed by atoms with van der Waals surface area (Å²) in [5.41, 5.74) is 10.6. The maximum absolute atomic E-state index is 12.0. The van der Waals surface area contributed by atoms with Crippen LogP contribution in [0.5, 0.6) is 0 Å². The molecule has 1 fully saturated rings. The molecule has 0 aromatic carbocycles. The lowest BCUT2D eigenvalue weighted by Gasteiger charge is -2.38. The summed E-state index contributed by atoms with van der Waals surface area (Å²) in [7, 11) is 0. The van der Waals surface area contributed by atoms with Crippen molar-refractivity contribution in [2.24, 2.45) is 17.4 Å². The first-order valence-electron chi connectivity index (χ1n) is 7.30. The highest BCUT2D eigenvalue weighted by atomic mass is 16.6. The van der Waals surface area contributed by atoms with Crippen molar-refractivity contribution in [3.05, 3.63) is 0 Å². The van der Waals surface area contributed by atoms with Gasteiger partial charge in [0.25, 0.3) is 0 Å². The van der Waals surface area contributed by atoms with Crippen molar-refractivity contribution in [2.45, 2.75) is 50.5 Å². The molecule has 0 radical (unpaired) electrons. The van der Waals surface area contributed by atoms with Gasteiger partial charge in [-0.2, -0.15) is 0 Å². The summed E-state index contributed by atoms with van der Waals surface area (Å²) < 4.78 is 10.0. The summed E-state index contributed by atoms with van der Waals surface area (Å²) in [5, 5.41) is 31.4. The van der Waals surface area contributed by atoms with Gasteiger partial charge in [-0.05, 0) is 5.92 Å². The summed E-state index contributed by atoms with van der Waals surface area (Å²) in [5.74, 6) is -1.50. The highest BCUT2D eigenvalue weighted by molar-refractivity contribution is 5.85. The molecule has 0 aromatic rings. The maximum Gasteiger partial charge on any atom is 0.328 e. The van der Waals surface area contributed by atoms with Crippen molar-refractivity contribution < 1.29 is 34.4 Å². The molecule has 10 nitrogen and oxygen atoms in total. The molecular formula is C13H25N3O7. The van der Waals surface area contributed by atoms with Gasteiger partial charge in [-0.1, -0.05) is 13.8 Å². The smallest absolute Gasteiger partial charge is 0.328 e. The van der Waals surface area contributed by atoms with E-state index < -0.39 is 55.2 Å². The molecule has 0 spiro atoms. The van der Waals surface area contributed by atoms with E-state index in [-0.39, 0.29) is 12.5 Å². The van der Waals surface area contributed by atoms with Crippen LogP contribution in [0.1, 0.15) is 13.8 Å². The van der Waals surface area contributed by atoms with E-state index in [1.54, 1.807) is 13.8 Å². The van der Waals surface area contributed by atoms with Gasteiger partial charge in [0.2, 0.25) is 5.91 Å². The lowest BCUT2D eigenvalue weighted by Crippen LogP contribution is -2.62. The molecule has 0 aromatic heterocycles. The molecule has 1 rings (SSSR count). The molecule has 8 N–H and O–H groups in total. The molecular weight excluding hydrogens is 310 g/mol. The van der Waals surface area contributed by atoms with Crippen LogP contribution in [-0.4, -0.2) is 77.0 Å². The number of hydrogen-bond donors (Lipinski definition) is 6. The molecule has 10 heteroatoms. The van der Waals surface area contributed by atoms with E-state index >= 15 is 0 Å². The van der Waals surface area contributed by atoms with Crippen molar-refractivity contribution in [1.29, 1.82) is 0 Å². The molecule has 0 bridgehead atoms. The highest BCUT2D eigenvalue weighted by Crippen LogP contribution is 2.19. The Hall–Kier alpha value is -1.30. The van der Waals surface area contributed by atoms with Gasteiger partial charge >= 0.3 is 5.97 Å². The van der Waals surface area contributed by atoms with E-state index in [0.717, 1.165) is 0 Å². The Balaban J connectivity index is 2.61. The summed E-state index contributed by atoms with van der Waals surface area (Å²) in [4.78, 5) is 23.4. The summed E-state index contributed by atoms with van der Waals surface area (Å²) >= 11 is 0. The van der Waals surface area contributed by atoms with Crippen molar-refractivity contribution in [3.8, 4) is 0 Å². The molecule has 1 amide bonds. The molecule has 1 heterocycles. The van der Waals surface area contributed by atoms with Crippen molar-refractivity contribution in [3.63, 3.8) is 0 Å². The van der Waals surface area contributed by atoms with E-state index in [1.807, 2.05) is 0 Å². The SMILES string of the molecule is CC(C)C(NC(=O)CN)C(=O)OCC1OC(O)C(N)C(O)C1O. The van der Waals surface area contributed by atoms with Crippen molar-refractivity contribution >= 4 is 11.9 Å². The zero-order valence-electron chi connectivity index (χ0n) is 13.1. The van der Waals surface area contributed by atoms with Crippen LogP contribution in [-0.2, 0) is 19.1 Å². The molecule has 23 heavy (non-hydrogen) atoms. The number of nitrogens with two attached hydrogens (primary N) is 2. The first-order valence-corrected chi connectivity index (χ1v) is 7.30. The van der Waals surface area contributed by atoms with E-state index in [4.69, 9.17) is 20.9 Å². The number of hydrogen-bond acceptors (Lipinski definition) is 9. The maximum atomic E-state index is 12.0. The summed E-state index contributed by atoms with van der Waals surface area (Å²) in [6.45, 7) is 2.74. The van der Waals surface area contributed by atoms with Crippen molar-refractivity contribution in [1.82, 2.24) is 5.32 Å². The summed E-state index contributed by atoms with van der Waals surface area (Å²) in [6, 6.07) is -2.08. The van der Waals surface area contributed by atoms with Crippen LogP contribution in [0.3, 0.4) is 0 Å². The van der Waals surface area contributed by atoms with Gasteiger partial charge in [-0.3, -0.25) is 4.79 Å². The molecule has 1 aliphatic heterocycles. The van der Waals surface area contributed by atoms with Gasteiger partial charge < -0.3 is 41.6 Å². The fourth-order valence-corrected chi connectivity index (χ4v) is 2.09. The van der Waals surface area contributed by atoms with Crippen LogP contribution in [0.15, 0.2) is 0 Å². The first kappa shape index (κ1) is 19.7. The van der Waals surface area contributed by atoms with Crippen LogP contribution in [0.4, 0.5) is 0 Å². The fraction of sp³-hybridized carbons (Fsp3) is 0.846. The monoisotopic (exact) mass is 335 g/mol. The third kappa shape index (κ3) is 5.09. The molecule has 1 saturated heterocycles. The quantitative estimate of drug-likeness (QED) is 0.267. The Kier molecular flexibility index (Phi) is 7.32. The predicted octanol–water partition coefficient (Wildman–Crippen LogP) is -3.60. The van der Waals surface area contributed by atoms with Crippen LogP contribution >= 0.6 is 0 Å². The van der Waals surface area contributed by atoms with E-state index in [0.29, 0.717) is 0 Å². The Bertz CT molecular complexity index is 420. The third-order valence-corrected chi connectivity index (χ3v) is 3.58. The minimum absolute atomic E-state index is 0.250. The van der Waals surface area contributed by atoms with Gasteiger partial charge in [-0.15, -0.1) is 0 Å². The second kappa shape index (κ2) is 8.52. The van der Waals surface area contributed by atoms with Gasteiger partial charge in [-0.25, -0.2) is 4.79 Å². The van der Waals surface area contributed by atoms with Crippen LogP contribution in [0.25, 0.3) is 0 Å². The molecule has 6 unspecified atom stereocenters. The standard InChI is InChI=1S/C13H25N3O7/c1-5(2)9(16-7(17)3-14)13(21)22-4-6-10(18)11(19)8(15)12(20)23-6/h5-6,8-12,18-20H,3-4,14-15H2,1-2H3,(H,16,17). The Labute approximate surface area is 133 Å². The molecule has 0 saturated carbocycles. The predicted molar refractivity (Wildman–Crippen MR) is 77.7 cm³/mol. The zero-order valence-corrected chi connectivity index (χ0v) is 13.1. The lowest BCUT2D eigenvalue weighted by molar-refractivity contribution is -0.251. The minimum atomic E-state index is -1.49. The topological polar surface area (TPSA) is 177 Å². The minimum Gasteiger partial charge on any atom is -0.461 e. The Morgan fingerprint density at radius 2 is 1.87 bits per heavy atom. The second-order valence-corrected chi connectivity index (χ2v) is 5.75. The number of esters is 1. The van der Waals surface area contributed by atoms with Gasteiger partial charge in [0.15, 0.2) is 6.29 Å². The Morgan fingerprint density at radius 3 is 2.39 bits per heavy atom. The third-order valence-electron chi connectivity index (χ3n) is 3.58. The first-order chi connectivity index (χ1) is 10.7. The van der Waals surface area contributed by atoms with Crippen LogP contribution < -0.4 is 16.8 Å². The largest absolute Gasteiger partial charge is 0.461 e. The molecule has 0 aliphatic carbocycles. The second-order valence-electron chi connectivity index (χ2n) is 5.75. The molecule has 134 valence electrons. The highest BCUT2D eigenvalue weighted by Gasteiger charge is 2.42. The fourth-order valence-electron chi connectivity index (χ4n) is 2.09. The van der Waals surface area contributed by atoms with E-state index in [9.17, 15) is 24.9 Å². The number of amides is 1. The van der Waals surface area contributed by atoms with Crippen LogP contribution in [0, 0.1) is 5.92 Å². The van der Waals surface area contributed by atoms with Gasteiger partial charge in [0.1, 0.15) is 31.0 Å².